The molecule has 2 N–H and O–H groups in total. The Morgan fingerprint density at radius 3 is 2.33 bits per heavy atom. The molecule has 0 spiro atoms. The number of carbonyl (C=O) groups is 1. The summed E-state index contributed by atoms with van der Waals surface area (Å²) in [6, 6.07) is 14.3. The van der Waals surface area contributed by atoms with Crippen molar-refractivity contribution in [1.82, 2.24) is 4.90 Å². The lowest BCUT2D eigenvalue weighted by atomic mass is 9.84. The highest BCUT2D eigenvalue weighted by Crippen LogP contribution is 2.39. The Balaban J connectivity index is 1.84. The van der Waals surface area contributed by atoms with E-state index < -0.39 is 11.7 Å². The Labute approximate surface area is 145 Å². The number of carboxylic acid groups (broad SMARTS) is 1. The molecule has 1 fully saturated rings. The quantitative estimate of drug-likeness (QED) is 0.877. The van der Waals surface area contributed by atoms with Gasteiger partial charge in [0.2, 0.25) is 0 Å². The van der Waals surface area contributed by atoms with E-state index >= 15 is 0 Å². The largest absolute Gasteiger partial charge is 0.465 e. The average molecular weight is 348 g/mol. The molecular weight excluding hydrogens is 330 g/mol. The second-order valence-corrected chi connectivity index (χ2v) is 6.29. The number of ether oxygens (including phenoxy) is 1. The second kappa shape index (κ2) is 6.71. The van der Waals surface area contributed by atoms with Crippen molar-refractivity contribution in [2.45, 2.75) is 18.4 Å². The van der Waals surface area contributed by atoms with E-state index in [1.54, 1.807) is 30.3 Å². The molecule has 1 heterocycles. The summed E-state index contributed by atoms with van der Waals surface area (Å²) in [5.41, 5.74) is -0.431. The van der Waals surface area contributed by atoms with Gasteiger partial charge in [-0.2, -0.15) is 0 Å². The average Bonchev–Trinajstić information content (AvgIpc) is 2.58. The van der Waals surface area contributed by atoms with Crippen LogP contribution >= 0.6 is 11.6 Å². The summed E-state index contributed by atoms with van der Waals surface area (Å²) in [6.45, 7) is 0.586. The van der Waals surface area contributed by atoms with Gasteiger partial charge in [-0.1, -0.05) is 29.8 Å². The van der Waals surface area contributed by atoms with Gasteiger partial charge in [-0.3, -0.25) is 0 Å². The smallest absolute Gasteiger partial charge is 0.407 e. The van der Waals surface area contributed by atoms with Gasteiger partial charge in [0.05, 0.1) is 5.60 Å². The summed E-state index contributed by atoms with van der Waals surface area (Å²) in [5, 5.41) is 20.7. The number of hydrogen-bond donors (Lipinski definition) is 2. The first-order valence-electron chi connectivity index (χ1n) is 7.71. The molecule has 1 aliphatic heterocycles. The minimum Gasteiger partial charge on any atom is -0.465 e. The molecule has 24 heavy (non-hydrogen) atoms. The number of amides is 1. The highest BCUT2D eigenvalue weighted by molar-refractivity contribution is 6.30. The van der Waals surface area contributed by atoms with E-state index in [4.69, 9.17) is 21.4 Å². The number of likely N-dealkylation sites (tertiary alicyclic amines) is 1. The molecule has 1 amide bonds. The molecule has 2 aromatic rings. The SMILES string of the molecule is O=C(O)N1CCC(O)(c2ccccc2Oc2ccc(Cl)cc2)CC1. The molecule has 0 aliphatic carbocycles. The van der Waals surface area contributed by atoms with Gasteiger partial charge < -0.3 is 19.8 Å². The molecule has 3 rings (SSSR count). The molecule has 5 nitrogen and oxygen atoms in total. The number of halogens is 1. The van der Waals surface area contributed by atoms with Crippen molar-refractivity contribution in [3.05, 3.63) is 59.1 Å². The van der Waals surface area contributed by atoms with E-state index in [0.29, 0.717) is 48.0 Å². The zero-order valence-corrected chi connectivity index (χ0v) is 13.7. The van der Waals surface area contributed by atoms with E-state index in [-0.39, 0.29) is 0 Å². The maximum Gasteiger partial charge on any atom is 0.407 e. The zero-order chi connectivity index (χ0) is 17.2. The maximum absolute atomic E-state index is 11.0. The molecule has 0 bridgehead atoms. The van der Waals surface area contributed by atoms with Gasteiger partial charge in [-0.25, -0.2) is 4.79 Å². The molecule has 2 aromatic carbocycles. The first-order valence-corrected chi connectivity index (χ1v) is 8.09. The van der Waals surface area contributed by atoms with Crippen molar-refractivity contribution >= 4 is 17.7 Å². The topological polar surface area (TPSA) is 70.0 Å². The number of aliphatic hydroxyl groups is 1. The lowest BCUT2D eigenvalue weighted by molar-refractivity contribution is -0.0225. The van der Waals surface area contributed by atoms with Crippen LogP contribution in [0.2, 0.25) is 5.02 Å². The third-order valence-electron chi connectivity index (χ3n) is 4.29. The van der Waals surface area contributed by atoms with Gasteiger partial charge in [-0.15, -0.1) is 0 Å². The molecule has 0 atom stereocenters. The van der Waals surface area contributed by atoms with Gasteiger partial charge in [0.1, 0.15) is 11.5 Å². The van der Waals surface area contributed by atoms with E-state index in [9.17, 15) is 9.90 Å². The van der Waals surface area contributed by atoms with Crippen LogP contribution in [0.1, 0.15) is 18.4 Å². The first kappa shape index (κ1) is 16.6. The molecule has 1 aliphatic rings. The lowest BCUT2D eigenvalue weighted by Crippen LogP contribution is -2.44. The van der Waals surface area contributed by atoms with Gasteiger partial charge in [0, 0.05) is 23.7 Å². The fourth-order valence-corrected chi connectivity index (χ4v) is 3.03. The monoisotopic (exact) mass is 347 g/mol. The van der Waals surface area contributed by atoms with Crippen molar-refractivity contribution in [3.63, 3.8) is 0 Å². The van der Waals surface area contributed by atoms with E-state index in [2.05, 4.69) is 0 Å². The molecule has 0 aromatic heterocycles. The Hall–Kier alpha value is -2.24. The molecule has 1 saturated heterocycles. The van der Waals surface area contributed by atoms with Gasteiger partial charge in [0.25, 0.3) is 0 Å². The van der Waals surface area contributed by atoms with E-state index in [1.165, 1.54) is 4.90 Å². The van der Waals surface area contributed by atoms with Crippen molar-refractivity contribution in [1.29, 1.82) is 0 Å². The zero-order valence-electron chi connectivity index (χ0n) is 13.0. The lowest BCUT2D eigenvalue weighted by Gasteiger charge is -2.37. The van der Waals surface area contributed by atoms with Crippen LogP contribution < -0.4 is 4.74 Å². The molecule has 0 unspecified atom stereocenters. The summed E-state index contributed by atoms with van der Waals surface area (Å²) < 4.78 is 5.91. The molecule has 0 saturated carbocycles. The van der Waals surface area contributed by atoms with Crippen LogP contribution in [0, 0.1) is 0 Å². The van der Waals surface area contributed by atoms with Crippen molar-refractivity contribution in [2.75, 3.05) is 13.1 Å². The van der Waals surface area contributed by atoms with Gasteiger partial charge in [0.15, 0.2) is 0 Å². The van der Waals surface area contributed by atoms with Crippen molar-refractivity contribution in [3.8, 4) is 11.5 Å². The Kier molecular flexibility index (Phi) is 4.64. The number of benzene rings is 2. The summed E-state index contributed by atoms with van der Waals surface area (Å²) >= 11 is 5.88. The minimum atomic E-state index is -1.10. The third-order valence-corrected chi connectivity index (χ3v) is 4.54. The van der Waals surface area contributed by atoms with Crippen LogP contribution in [0.4, 0.5) is 4.79 Å². The van der Waals surface area contributed by atoms with E-state index in [0.717, 1.165) is 0 Å². The van der Waals surface area contributed by atoms with Crippen molar-refractivity contribution in [2.24, 2.45) is 0 Å². The van der Waals surface area contributed by atoms with Crippen LogP contribution in [-0.4, -0.2) is 34.3 Å². The molecule has 0 radical (unpaired) electrons. The fraction of sp³-hybridized carbons (Fsp3) is 0.278. The number of rotatable bonds is 3. The minimum absolute atomic E-state index is 0.293. The number of para-hydroxylation sites is 1. The second-order valence-electron chi connectivity index (χ2n) is 5.85. The molecule has 6 heteroatoms. The standard InChI is InChI=1S/C18H18ClNO4/c19-13-5-7-14(8-6-13)24-16-4-2-1-3-15(16)18(23)9-11-20(12-10-18)17(21)22/h1-8,23H,9-12H2,(H,21,22). The maximum atomic E-state index is 11.0. The van der Waals surface area contributed by atoms with Crippen LogP contribution in [0.5, 0.6) is 11.5 Å². The van der Waals surface area contributed by atoms with Crippen LogP contribution in [0.15, 0.2) is 48.5 Å². The fourth-order valence-electron chi connectivity index (χ4n) is 2.91. The Bertz CT molecular complexity index is 724. The summed E-state index contributed by atoms with van der Waals surface area (Å²) in [6.07, 6.45) is -0.289. The van der Waals surface area contributed by atoms with Gasteiger partial charge >= 0.3 is 6.09 Å². The highest BCUT2D eigenvalue weighted by Gasteiger charge is 2.37. The number of piperidine rings is 1. The third kappa shape index (κ3) is 3.47. The first-order chi connectivity index (χ1) is 11.5. The van der Waals surface area contributed by atoms with Crippen LogP contribution in [0.3, 0.4) is 0 Å². The molecule has 126 valence electrons. The summed E-state index contributed by atoms with van der Waals surface area (Å²) in [5.74, 6) is 1.18. The predicted molar refractivity (Wildman–Crippen MR) is 90.7 cm³/mol. The summed E-state index contributed by atoms with van der Waals surface area (Å²) in [4.78, 5) is 12.4. The normalized spacial score (nSPS) is 16.7. The predicted octanol–water partition coefficient (Wildman–Crippen LogP) is 4.09. The van der Waals surface area contributed by atoms with Crippen LogP contribution in [0.25, 0.3) is 0 Å². The Morgan fingerprint density at radius 1 is 1.08 bits per heavy atom. The highest BCUT2D eigenvalue weighted by atomic mass is 35.5. The van der Waals surface area contributed by atoms with Crippen molar-refractivity contribution < 1.29 is 19.7 Å². The van der Waals surface area contributed by atoms with Crippen LogP contribution in [-0.2, 0) is 5.60 Å². The van der Waals surface area contributed by atoms with E-state index in [1.807, 2.05) is 18.2 Å². The molecular formula is C18H18ClNO4. The van der Waals surface area contributed by atoms with Gasteiger partial charge in [-0.05, 0) is 43.2 Å². The summed E-state index contributed by atoms with van der Waals surface area (Å²) in [7, 11) is 0. The number of hydrogen-bond acceptors (Lipinski definition) is 3. The Morgan fingerprint density at radius 2 is 1.71 bits per heavy atom. The number of nitrogens with zero attached hydrogens (tertiary/aromatic N) is 1.